The van der Waals surface area contributed by atoms with E-state index in [4.69, 9.17) is 0 Å². The molecule has 0 aliphatic rings. The number of carbonyl (C=O) groups is 2. The van der Waals surface area contributed by atoms with Gasteiger partial charge in [-0.2, -0.15) is 0 Å². The van der Waals surface area contributed by atoms with E-state index in [-0.39, 0.29) is 31.7 Å². The van der Waals surface area contributed by atoms with Crippen LogP contribution in [-0.4, -0.2) is 41.0 Å². The quantitative estimate of drug-likeness (QED) is 0.109. The molecule has 0 aromatic rings. The average molecular weight is 421 g/mol. The van der Waals surface area contributed by atoms with Gasteiger partial charge in [0.05, 0.1) is 0 Å². The minimum atomic E-state index is -1.58. The number of rotatable bonds is 22. The molecular weight excluding hydrogens is 371 g/mol. The molecule has 2 N–H and O–H groups in total. The third kappa shape index (κ3) is 15.4. The number of hydrogen-bond donors (Lipinski definition) is 2. The molecule has 0 aromatic heterocycles. The van der Waals surface area contributed by atoms with Gasteiger partial charge in [0.2, 0.25) is 0 Å². The normalized spacial score (nSPS) is 11.3. The van der Waals surface area contributed by atoms with Gasteiger partial charge in [-0.25, -0.2) is 0 Å². The van der Waals surface area contributed by atoms with Crippen LogP contribution in [0.3, 0.4) is 0 Å². The second kappa shape index (κ2) is 21.8. The summed E-state index contributed by atoms with van der Waals surface area (Å²) in [7, 11) is 0. The fraction of sp³-hybridized carbons (Fsp3) is 0.920. The molecule has 4 nitrogen and oxygen atoms in total. The molecule has 30 heavy (non-hydrogen) atoms. The molecule has 0 radical (unpaired) electrons. The molecule has 0 aliphatic carbocycles. The Kier molecular flexibility index (Phi) is 23.0. The molecule has 0 unspecified atom stereocenters. The van der Waals surface area contributed by atoms with E-state index in [0.717, 1.165) is 25.7 Å². The Labute approximate surface area is 198 Å². The molecule has 5 heteroatoms. The van der Waals surface area contributed by atoms with E-state index in [0.29, 0.717) is 12.8 Å². The first-order valence-electron chi connectivity index (χ1n) is 12.5. The van der Waals surface area contributed by atoms with Gasteiger partial charge in [-0.1, -0.05) is 129 Å². The predicted molar refractivity (Wildman–Crippen MR) is 129 cm³/mol. The fourth-order valence-corrected chi connectivity index (χ4v) is 4.12. The third-order valence-corrected chi connectivity index (χ3v) is 6.23. The topological polar surface area (TPSA) is 74.6 Å². The van der Waals surface area contributed by atoms with Gasteiger partial charge in [0.1, 0.15) is 0 Å². The van der Waals surface area contributed by atoms with Gasteiger partial charge in [0.25, 0.3) is 0 Å². The second-order valence-electron chi connectivity index (χ2n) is 8.85. The van der Waals surface area contributed by atoms with E-state index in [1.807, 2.05) is 0 Å². The zero-order valence-corrected chi connectivity index (χ0v) is 19.4. The van der Waals surface area contributed by atoms with Crippen molar-refractivity contribution in [2.75, 3.05) is 0 Å². The van der Waals surface area contributed by atoms with Crippen molar-refractivity contribution in [3.63, 3.8) is 0 Å². The van der Waals surface area contributed by atoms with Gasteiger partial charge >= 0.3 is 30.8 Å². The van der Waals surface area contributed by atoms with Crippen molar-refractivity contribution in [1.82, 2.24) is 0 Å². The Hall–Kier alpha value is -0.463. The Morgan fingerprint density at radius 2 is 0.733 bits per heavy atom. The summed E-state index contributed by atoms with van der Waals surface area (Å²) in [5.74, 6) is -2.30. The van der Waals surface area contributed by atoms with Crippen LogP contribution in [0.1, 0.15) is 142 Å². The van der Waals surface area contributed by atoms with Crippen LogP contribution in [0.5, 0.6) is 0 Å². The number of aliphatic carboxylic acids is 2. The van der Waals surface area contributed by atoms with Crippen LogP contribution < -0.4 is 0 Å². The molecule has 0 spiro atoms. The van der Waals surface area contributed by atoms with E-state index in [9.17, 15) is 19.8 Å². The fourth-order valence-electron chi connectivity index (χ4n) is 4.12. The monoisotopic (exact) mass is 420 g/mol. The van der Waals surface area contributed by atoms with Crippen LogP contribution in [-0.2, 0) is 9.59 Å². The van der Waals surface area contributed by atoms with Crippen LogP contribution in [0.4, 0.5) is 0 Å². The molecule has 0 heterocycles. The van der Waals surface area contributed by atoms with E-state index in [1.54, 1.807) is 0 Å². The molecule has 0 atom stereocenters. The van der Waals surface area contributed by atoms with Crippen LogP contribution in [0.15, 0.2) is 0 Å². The summed E-state index contributed by atoms with van der Waals surface area (Å²) in [6.07, 6.45) is 21.1. The zero-order chi connectivity index (χ0) is 21.8. The van der Waals surface area contributed by atoms with Gasteiger partial charge in [-0.3, -0.25) is 9.59 Å². The SMILES string of the molecule is CCCCCCCCCCCCC(CCCCCCCCCC)(C(=O)O)C(=O)O.[LiH]. The van der Waals surface area contributed by atoms with Crippen molar-refractivity contribution < 1.29 is 19.8 Å². The standard InChI is InChI=1S/C25H48O4.Li.H/c1-3-5-7-9-11-13-14-16-18-20-22-25(23(26)27,24(28)29)21-19-17-15-12-10-8-6-4-2;;/h3-22H2,1-2H3,(H,26,27)(H,28,29);;. The van der Waals surface area contributed by atoms with E-state index >= 15 is 0 Å². The average Bonchev–Trinajstić information content (AvgIpc) is 2.69. The van der Waals surface area contributed by atoms with Crippen LogP contribution in [0.25, 0.3) is 0 Å². The summed E-state index contributed by atoms with van der Waals surface area (Å²) < 4.78 is 0. The molecule has 174 valence electrons. The van der Waals surface area contributed by atoms with Crippen molar-refractivity contribution in [3.05, 3.63) is 0 Å². The minimum absolute atomic E-state index is 0. The van der Waals surface area contributed by atoms with Crippen molar-refractivity contribution in [2.24, 2.45) is 5.41 Å². The molecular formula is C25H49LiO4. The van der Waals surface area contributed by atoms with Gasteiger partial charge in [-0.15, -0.1) is 0 Å². The number of hydrogen-bond acceptors (Lipinski definition) is 2. The Morgan fingerprint density at radius 1 is 0.500 bits per heavy atom. The van der Waals surface area contributed by atoms with Crippen LogP contribution >= 0.6 is 0 Å². The molecule has 0 saturated carbocycles. The van der Waals surface area contributed by atoms with Crippen molar-refractivity contribution in [1.29, 1.82) is 0 Å². The summed E-state index contributed by atoms with van der Waals surface area (Å²) in [6, 6.07) is 0. The zero-order valence-electron chi connectivity index (χ0n) is 19.4. The molecule has 0 aliphatic heterocycles. The maximum atomic E-state index is 11.8. The first kappa shape index (κ1) is 31.7. The van der Waals surface area contributed by atoms with Crippen LogP contribution in [0, 0.1) is 5.41 Å². The Morgan fingerprint density at radius 3 is 0.967 bits per heavy atom. The van der Waals surface area contributed by atoms with Crippen LogP contribution in [0.2, 0.25) is 0 Å². The van der Waals surface area contributed by atoms with Gasteiger partial charge in [0, 0.05) is 0 Å². The van der Waals surface area contributed by atoms with E-state index < -0.39 is 17.4 Å². The van der Waals surface area contributed by atoms with Crippen molar-refractivity contribution in [3.8, 4) is 0 Å². The Bertz CT molecular complexity index is 398. The predicted octanol–water partition coefficient (Wildman–Crippen LogP) is 7.34. The number of unbranched alkanes of at least 4 members (excludes halogenated alkanes) is 16. The summed E-state index contributed by atoms with van der Waals surface area (Å²) in [5.41, 5.74) is -1.58. The molecule has 0 bridgehead atoms. The van der Waals surface area contributed by atoms with E-state index in [1.165, 1.54) is 77.0 Å². The summed E-state index contributed by atoms with van der Waals surface area (Å²) in [6.45, 7) is 4.43. The molecule has 0 aromatic carbocycles. The second-order valence-corrected chi connectivity index (χ2v) is 8.85. The van der Waals surface area contributed by atoms with E-state index in [2.05, 4.69) is 13.8 Å². The molecule has 0 fully saturated rings. The molecule has 0 amide bonds. The first-order valence-corrected chi connectivity index (χ1v) is 12.5. The van der Waals surface area contributed by atoms with Gasteiger partial charge < -0.3 is 10.2 Å². The summed E-state index contributed by atoms with van der Waals surface area (Å²) in [5, 5.41) is 19.3. The molecule has 0 saturated heterocycles. The van der Waals surface area contributed by atoms with Gasteiger partial charge in [-0.05, 0) is 12.8 Å². The third-order valence-electron chi connectivity index (χ3n) is 6.23. The summed E-state index contributed by atoms with van der Waals surface area (Å²) in [4.78, 5) is 23.6. The van der Waals surface area contributed by atoms with Gasteiger partial charge in [0.15, 0.2) is 5.41 Å². The number of carboxylic acid groups (broad SMARTS) is 2. The van der Waals surface area contributed by atoms with Crippen molar-refractivity contribution in [2.45, 2.75) is 142 Å². The summed E-state index contributed by atoms with van der Waals surface area (Å²) >= 11 is 0. The molecule has 0 rings (SSSR count). The Balaban J connectivity index is 0. The maximum absolute atomic E-state index is 11.8. The van der Waals surface area contributed by atoms with Crippen molar-refractivity contribution >= 4 is 30.8 Å². The first-order chi connectivity index (χ1) is 14.0. The number of carboxylic acids is 2.